The third-order valence-corrected chi connectivity index (χ3v) is 4.12. The van der Waals surface area contributed by atoms with Crippen molar-refractivity contribution in [2.75, 3.05) is 24.7 Å². The molecule has 5 heteroatoms. The highest BCUT2D eigenvalue weighted by Gasteiger charge is 2.22. The molecule has 0 saturated carbocycles. The maximum Gasteiger partial charge on any atom is 0.338 e. The number of benzene rings is 2. The Bertz CT molecular complexity index is 772. The lowest BCUT2D eigenvalue weighted by molar-refractivity contribution is -0.120. The van der Waals surface area contributed by atoms with Crippen LogP contribution in [0.4, 0.5) is 5.69 Å². The van der Waals surface area contributed by atoms with Crippen LogP contribution >= 0.6 is 0 Å². The molecule has 2 aromatic rings. The molecule has 0 spiro atoms. The summed E-state index contributed by atoms with van der Waals surface area (Å²) < 4.78 is 10.6. The molecule has 0 aliphatic carbocycles. The van der Waals surface area contributed by atoms with Gasteiger partial charge >= 0.3 is 5.97 Å². The van der Waals surface area contributed by atoms with E-state index in [2.05, 4.69) is 6.07 Å². The minimum atomic E-state index is -0.399. The summed E-state index contributed by atoms with van der Waals surface area (Å²) in [5, 5.41) is 0. The third-order valence-electron chi connectivity index (χ3n) is 4.12. The first kappa shape index (κ1) is 17.0. The largest absolute Gasteiger partial charge is 0.484 e. The van der Waals surface area contributed by atoms with Crippen LogP contribution in [0, 0.1) is 0 Å². The lowest BCUT2D eigenvalue weighted by Crippen LogP contribution is -2.38. The SMILES string of the molecule is CCOC(=O)c1cccc(OCC(=O)N2CCCc3ccccc32)c1. The third kappa shape index (κ3) is 3.99. The number of nitrogens with zero attached hydrogens (tertiary/aromatic N) is 1. The van der Waals surface area contributed by atoms with Gasteiger partial charge in [-0.05, 0) is 49.6 Å². The molecule has 130 valence electrons. The summed E-state index contributed by atoms with van der Waals surface area (Å²) in [6.07, 6.45) is 1.93. The average molecular weight is 339 g/mol. The molecule has 0 unspecified atom stereocenters. The topological polar surface area (TPSA) is 55.8 Å². The van der Waals surface area contributed by atoms with Gasteiger partial charge in [-0.3, -0.25) is 4.79 Å². The summed E-state index contributed by atoms with van der Waals surface area (Å²) in [4.78, 5) is 26.1. The number of carbonyl (C=O) groups is 2. The predicted molar refractivity (Wildman–Crippen MR) is 95.0 cm³/mol. The Labute approximate surface area is 147 Å². The Hall–Kier alpha value is -2.82. The molecule has 25 heavy (non-hydrogen) atoms. The molecule has 1 heterocycles. The van der Waals surface area contributed by atoms with E-state index >= 15 is 0 Å². The number of esters is 1. The Morgan fingerprint density at radius 1 is 1.12 bits per heavy atom. The first-order valence-corrected chi connectivity index (χ1v) is 8.47. The zero-order valence-corrected chi connectivity index (χ0v) is 14.2. The molecule has 1 aliphatic heterocycles. The van der Waals surface area contributed by atoms with E-state index in [1.54, 1.807) is 36.1 Å². The number of carbonyl (C=O) groups excluding carboxylic acids is 2. The number of para-hydroxylation sites is 1. The minimum Gasteiger partial charge on any atom is -0.484 e. The molecule has 1 amide bonds. The number of rotatable bonds is 5. The second-order valence-corrected chi connectivity index (χ2v) is 5.81. The molecule has 0 bridgehead atoms. The van der Waals surface area contributed by atoms with Crippen LogP contribution in [0.2, 0.25) is 0 Å². The molecular formula is C20H21NO4. The summed E-state index contributed by atoms with van der Waals surface area (Å²) in [5.74, 6) is -0.0119. The lowest BCUT2D eigenvalue weighted by atomic mass is 10.0. The zero-order chi connectivity index (χ0) is 17.6. The molecule has 0 atom stereocenters. The van der Waals surface area contributed by atoms with Crippen LogP contribution < -0.4 is 9.64 Å². The van der Waals surface area contributed by atoms with Crippen molar-refractivity contribution in [2.24, 2.45) is 0 Å². The monoisotopic (exact) mass is 339 g/mol. The van der Waals surface area contributed by atoms with Gasteiger partial charge in [0.25, 0.3) is 5.91 Å². The van der Waals surface area contributed by atoms with Crippen molar-refractivity contribution in [3.8, 4) is 5.75 Å². The van der Waals surface area contributed by atoms with Crippen molar-refractivity contribution < 1.29 is 19.1 Å². The van der Waals surface area contributed by atoms with Gasteiger partial charge in [-0.25, -0.2) is 4.79 Å². The van der Waals surface area contributed by atoms with E-state index < -0.39 is 5.97 Å². The van der Waals surface area contributed by atoms with E-state index in [9.17, 15) is 9.59 Å². The summed E-state index contributed by atoms with van der Waals surface area (Å²) in [7, 11) is 0. The van der Waals surface area contributed by atoms with E-state index in [-0.39, 0.29) is 12.5 Å². The predicted octanol–water partition coefficient (Wildman–Crippen LogP) is 3.22. The second-order valence-electron chi connectivity index (χ2n) is 5.81. The van der Waals surface area contributed by atoms with Gasteiger partial charge < -0.3 is 14.4 Å². The van der Waals surface area contributed by atoms with Crippen LogP contribution in [0.1, 0.15) is 29.3 Å². The number of amides is 1. The number of hydrogen-bond donors (Lipinski definition) is 0. The average Bonchev–Trinajstić information content (AvgIpc) is 2.66. The Morgan fingerprint density at radius 3 is 2.80 bits per heavy atom. The van der Waals surface area contributed by atoms with Crippen molar-refractivity contribution >= 4 is 17.6 Å². The molecule has 0 fully saturated rings. The normalized spacial score (nSPS) is 13.1. The van der Waals surface area contributed by atoms with Crippen LogP contribution in [0.5, 0.6) is 5.75 Å². The van der Waals surface area contributed by atoms with E-state index in [1.807, 2.05) is 18.2 Å². The number of hydrogen-bond acceptors (Lipinski definition) is 4. The highest BCUT2D eigenvalue weighted by Crippen LogP contribution is 2.26. The van der Waals surface area contributed by atoms with E-state index in [4.69, 9.17) is 9.47 Å². The van der Waals surface area contributed by atoms with Crippen LogP contribution in [0.15, 0.2) is 48.5 Å². The van der Waals surface area contributed by atoms with Crippen LogP contribution in [0.3, 0.4) is 0 Å². The van der Waals surface area contributed by atoms with Crippen LogP contribution in [0.25, 0.3) is 0 Å². The standard InChI is InChI=1S/C20H21NO4/c1-2-24-20(23)16-8-5-10-17(13-16)25-14-19(22)21-12-6-9-15-7-3-4-11-18(15)21/h3-5,7-8,10-11,13H,2,6,9,12,14H2,1H3. The second kappa shape index (κ2) is 7.83. The van der Waals surface area contributed by atoms with Gasteiger partial charge in [-0.15, -0.1) is 0 Å². The number of fused-ring (bicyclic) bond motifs is 1. The summed E-state index contributed by atoms with van der Waals surface area (Å²) in [5.41, 5.74) is 2.56. The van der Waals surface area contributed by atoms with E-state index in [1.165, 1.54) is 5.56 Å². The maximum atomic E-state index is 12.6. The number of anilines is 1. The van der Waals surface area contributed by atoms with E-state index in [0.717, 1.165) is 18.5 Å². The number of ether oxygens (including phenoxy) is 2. The van der Waals surface area contributed by atoms with Crippen molar-refractivity contribution in [1.82, 2.24) is 0 Å². The Kier molecular flexibility index (Phi) is 5.33. The van der Waals surface area contributed by atoms with E-state index in [0.29, 0.717) is 24.5 Å². The summed E-state index contributed by atoms with van der Waals surface area (Å²) in [6.45, 7) is 2.70. The fraction of sp³-hybridized carbons (Fsp3) is 0.300. The molecule has 1 aliphatic rings. The van der Waals surface area contributed by atoms with Crippen LogP contribution in [-0.4, -0.2) is 31.6 Å². The van der Waals surface area contributed by atoms with Gasteiger partial charge in [-0.1, -0.05) is 24.3 Å². The highest BCUT2D eigenvalue weighted by molar-refractivity contribution is 5.95. The summed E-state index contributed by atoms with van der Waals surface area (Å²) in [6, 6.07) is 14.6. The smallest absolute Gasteiger partial charge is 0.338 e. The quantitative estimate of drug-likeness (QED) is 0.785. The first-order valence-electron chi connectivity index (χ1n) is 8.47. The zero-order valence-electron chi connectivity index (χ0n) is 14.2. The van der Waals surface area contributed by atoms with Crippen LogP contribution in [-0.2, 0) is 16.0 Å². The maximum absolute atomic E-state index is 12.6. The van der Waals surface area contributed by atoms with Crippen molar-refractivity contribution in [1.29, 1.82) is 0 Å². The number of aryl methyl sites for hydroxylation is 1. The molecule has 0 N–H and O–H groups in total. The molecular weight excluding hydrogens is 318 g/mol. The van der Waals surface area contributed by atoms with Crippen molar-refractivity contribution in [2.45, 2.75) is 19.8 Å². The molecule has 5 nitrogen and oxygen atoms in total. The van der Waals surface area contributed by atoms with Gasteiger partial charge in [0.1, 0.15) is 5.75 Å². The van der Waals surface area contributed by atoms with Gasteiger partial charge in [0, 0.05) is 12.2 Å². The van der Waals surface area contributed by atoms with Crippen molar-refractivity contribution in [3.05, 3.63) is 59.7 Å². The molecule has 2 aromatic carbocycles. The Morgan fingerprint density at radius 2 is 1.96 bits per heavy atom. The van der Waals surface area contributed by atoms with Gasteiger partial charge in [0.05, 0.1) is 12.2 Å². The van der Waals surface area contributed by atoms with Gasteiger partial charge in [-0.2, -0.15) is 0 Å². The fourth-order valence-electron chi connectivity index (χ4n) is 2.94. The molecule has 0 radical (unpaired) electrons. The van der Waals surface area contributed by atoms with Gasteiger partial charge in [0.2, 0.25) is 0 Å². The molecule has 0 aromatic heterocycles. The van der Waals surface area contributed by atoms with Crippen molar-refractivity contribution in [3.63, 3.8) is 0 Å². The van der Waals surface area contributed by atoms with Gasteiger partial charge in [0.15, 0.2) is 6.61 Å². The first-order chi connectivity index (χ1) is 12.2. The highest BCUT2D eigenvalue weighted by atomic mass is 16.5. The lowest BCUT2D eigenvalue weighted by Gasteiger charge is -2.29. The molecule has 3 rings (SSSR count). The summed E-state index contributed by atoms with van der Waals surface area (Å²) >= 11 is 0. The minimum absolute atomic E-state index is 0.0688. The molecule has 0 saturated heterocycles. The Balaban J connectivity index is 1.65. The fourth-order valence-corrected chi connectivity index (χ4v) is 2.94.